The van der Waals surface area contributed by atoms with Crippen LogP contribution >= 0.6 is 0 Å². The molecule has 2 fully saturated rings. The maximum Gasteiger partial charge on any atom is 0.417 e. The molecule has 4 rings (SSSR count). The molecule has 0 aromatic heterocycles. The first-order valence-electron chi connectivity index (χ1n) is 13.2. The lowest BCUT2D eigenvalue weighted by atomic mass is 9.97. The fourth-order valence-corrected chi connectivity index (χ4v) is 5.40. The second kappa shape index (κ2) is 12.1. The Morgan fingerprint density at radius 1 is 0.816 bits per heavy atom. The minimum atomic E-state index is -4.80. The lowest BCUT2D eigenvalue weighted by molar-refractivity contribution is -0.138. The number of amides is 1. The van der Waals surface area contributed by atoms with Crippen LogP contribution in [0.15, 0.2) is 42.5 Å². The van der Waals surface area contributed by atoms with E-state index in [-0.39, 0.29) is 17.7 Å². The zero-order chi connectivity index (χ0) is 27.3. The third-order valence-electron chi connectivity index (χ3n) is 7.52. The molecular formula is C28H33F6N3O. The van der Waals surface area contributed by atoms with Gasteiger partial charge in [0.25, 0.3) is 5.91 Å². The first-order chi connectivity index (χ1) is 18.0. The van der Waals surface area contributed by atoms with Crippen LogP contribution in [0.3, 0.4) is 0 Å². The van der Waals surface area contributed by atoms with E-state index in [1.54, 1.807) is 0 Å². The molecule has 4 nitrogen and oxygen atoms in total. The number of carbonyl (C=O) groups excluding carboxylic acids is 1. The van der Waals surface area contributed by atoms with Gasteiger partial charge in [0.05, 0.1) is 16.7 Å². The van der Waals surface area contributed by atoms with Crippen LogP contribution in [0.5, 0.6) is 0 Å². The van der Waals surface area contributed by atoms with Crippen LogP contribution in [0.1, 0.15) is 60.0 Å². The molecule has 208 valence electrons. The van der Waals surface area contributed by atoms with Gasteiger partial charge in [-0.3, -0.25) is 4.79 Å². The van der Waals surface area contributed by atoms with Crippen molar-refractivity contribution in [3.63, 3.8) is 0 Å². The molecule has 2 heterocycles. The molecular weight excluding hydrogens is 508 g/mol. The van der Waals surface area contributed by atoms with Crippen LogP contribution < -0.4 is 5.32 Å². The number of piperidine rings is 2. The summed E-state index contributed by atoms with van der Waals surface area (Å²) in [6, 6.07) is 7.72. The average Bonchev–Trinajstić information content (AvgIpc) is 2.90. The minimum absolute atomic E-state index is 0.0792. The van der Waals surface area contributed by atoms with E-state index in [2.05, 4.69) is 15.1 Å². The molecule has 0 atom stereocenters. The largest absolute Gasteiger partial charge is 0.417 e. The molecule has 2 aromatic rings. The molecule has 0 radical (unpaired) electrons. The smallest absolute Gasteiger partial charge is 0.352 e. The summed E-state index contributed by atoms with van der Waals surface area (Å²) in [5.74, 6) is -0.819. The van der Waals surface area contributed by atoms with Gasteiger partial charge in [-0.1, -0.05) is 24.6 Å². The normalized spacial score (nSPS) is 18.5. The Hall–Kier alpha value is -2.59. The van der Waals surface area contributed by atoms with E-state index in [0.717, 1.165) is 68.9 Å². The van der Waals surface area contributed by atoms with Crippen molar-refractivity contribution in [1.29, 1.82) is 0 Å². The van der Waals surface area contributed by atoms with E-state index in [4.69, 9.17) is 0 Å². The Bertz CT molecular complexity index is 1070. The first kappa shape index (κ1) is 28.4. The third kappa shape index (κ3) is 7.28. The highest BCUT2D eigenvalue weighted by Crippen LogP contribution is 2.36. The predicted molar refractivity (Wildman–Crippen MR) is 134 cm³/mol. The van der Waals surface area contributed by atoms with Crippen LogP contribution in [-0.2, 0) is 12.4 Å². The van der Waals surface area contributed by atoms with E-state index in [9.17, 15) is 31.1 Å². The molecule has 1 N–H and O–H groups in total. The molecule has 2 aromatic carbocycles. The van der Waals surface area contributed by atoms with Gasteiger partial charge in [0.2, 0.25) is 0 Å². The van der Waals surface area contributed by atoms with E-state index in [0.29, 0.717) is 12.5 Å². The number of nitrogens with zero attached hydrogens (tertiary/aromatic N) is 2. The molecule has 2 saturated heterocycles. The highest BCUT2D eigenvalue weighted by Gasteiger charge is 2.36. The van der Waals surface area contributed by atoms with E-state index in [1.165, 1.54) is 38.4 Å². The summed E-state index contributed by atoms with van der Waals surface area (Å²) in [6.07, 6.45) is -2.62. The van der Waals surface area contributed by atoms with Crippen molar-refractivity contribution >= 4 is 5.91 Å². The van der Waals surface area contributed by atoms with Gasteiger partial charge >= 0.3 is 12.4 Å². The molecule has 0 unspecified atom stereocenters. The summed E-state index contributed by atoms with van der Waals surface area (Å²) in [6.45, 7) is 5.36. The van der Waals surface area contributed by atoms with E-state index >= 15 is 0 Å². The molecule has 38 heavy (non-hydrogen) atoms. The monoisotopic (exact) mass is 541 g/mol. The summed E-state index contributed by atoms with van der Waals surface area (Å²) < 4.78 is 79.8. The quantitative estimate of drug-likeness (QED) is 0.323. The topological polar surface area (TPSA) is 35.6 Å². The predicted octanol–water partition coefficient (Wildman–Crippen LogP) is 6.46. The summed E-state index contributed by atoms with van der Waals surface area (Å²) in [7, 11) is 0. The Morgan fingerprint density at radius 2 is 1.45 bits per heavy atom. The van der Waals surface area contributed by atoms with Crippen LogP contribution in [-0.4, -0.2) is 61.0 Å². The van der Waals surface area contributed by atoms with E-state index < -0.39 is 35.0 Å². The van der Waals surface area contributed by atoms with Crippen molar-refractivity contribution in [3.05, 3.63) is 59.2 Å². The minimum Gasteiger partial charge on any atom is -0.352 e. The zero-order valence-corrected chi connectivity index (χ0v) is 21.2. The molecule has 10 heteroatoms. The van der Waals surface area contributed by atoms with Gasteiger partial charge in [0.1, 0.15) is 0 Å². The highest BCUT2D eigenvalue weighted by atomic mass is 19.4. The third-order valence-corrected chi connectivity index (χ3v) is 7.52. The van der Waals surface area contributed by atoms with Crippen LogP contribution in [0, 0.1) is 0 Å². The first-order valence-corrected chi connectivity index (χ1v) is 13.2. The van der Waals surface area contributed by atoms with Gasteiger partial charge < -0.3 is 15.1 Å². The highest BCUT2D eigenvalue weighted by molar-refractivity contribution is 5.96. The number of benzene rings is 2. The summed E-state index contributed by atoms with van der Waals surface area (Å²) >= 11 is 0. The standard InChI is InChI=1S/C28H33F6N3O/c29-27(30,31)22-8-5-20(6-9-22)21-7-10-24(25(19-21)28(32,33)34)26(38)35-13-4-14-36-17-11-23(12-18-36)37-15-2-1-3-16-37/h5-10,19,23H,1-4,11-18H2,(H,35,38). The molecule has 0 aliphatic carbocycles. The Morgan fingerprint density at radius 3 is 2.05 bits per heavy atom. The van der Waals surface area contributed by atoms with Crippen molar-refractivity contribution in [2.45, 2.75) is 56.9 Å². The van der Waals surface area contributed by atoms with Crippen LogP contribution in [0.4, 0.5) is 26.3 Å². The second-order valence-corrected chi connectivity index (χ2v) is 10.1. The van der Waals surface area contributed by atoms with Gasteiger partial charge in [0, 0.05) is 12.6 Å². The summed E-state index contributed by atoms with van der Waals surface area (Å²) in [5.41, 5.74) is -2.24. The number of rotatable bonds is 7. The van der Waals surface area contributed by atoms with Gasteiger partial charge in [0.15, 0.2) is 0 Å². The maximum atomic E-state index is 13.8. The number of hydrogen-bond acceptors (Lipinski definition) is 3. The van der Waals surface area contributed by atoms with Gasteiger partial charge in [-0.25, -0.2) is 0 Å². The molecule has 0 saturated carbocycles. The van der Waals surface area contributed by atoms with Crippen molar-refractivity contribution in [3.8, 4) is 11.1 Å². The number of carbonyl (C=O) groups is 1. The van der Waals surface area contributed by atoms with Crippen LogP contribution in [0.2, 0.25) is 0 Å². The number of likely N-dealkylation sites (tertiary alicyclic amines) is 2. The second-order valence-electron chi connectivity index (χ2n) is 10.1. The Balaban J connectivity index is 1.31. The maximum absolute atomic E-state index is 13.8. The van der Waals surface area contributed by atoms with Crippen molar-refractivity contribution in [2.75, 3.05) is 39.3 Å². The fraction of sp³-hybridized carbons (Fsp3) is 0.536. The molecule has 2 aliphatic rings. The number of nitrogens with one attached hydrogen (secondary N) is 1. The van der Waals surface area contributed by atoms with Crippen molar-refractivity contribution in [1.82, 2.24) is 15.1 Å². The van der Waals surface area contributed by atoms with Gasteiger partial charge in [-0.05, 0) is 100 Å². The average molecular weight is 542 g/mol. The van der Waals surface area contributed by atoms with Crippen molar-refractivity contribution < 1.29 is 31.1 Å². The number of halogens is 6. The lowest BCUT2D eigenvalue weighted by Gasteiger charge is -2.40. The van der Waals surface area contributed by atoms with Crippen LogP contribution in [0.25, 0.3) is 11.1 Å². The summed E-state index contributed by atoms with van der Waals surface area (Å²) in [4.78, 5) is 17.6. The number of alkyl halides is 6. The fourth-order valence-electron chi connectivity index (χ4n) is 5.40. The van der Waals surface area contributed by atoms with E-state index in [1.807, 2.05) is 0 Å². The molecule has 2 aliphatic heterocycles. The molecule has 1 amide bonds. The molecule has 0 bridgehead atoms. The SMILES string of the molecule is O=C(NCCCN1CCC(N2CCCCC2)CC1)c1ccc(-c2ccc(C(F)(F)F)cc2)cc1C(F)(F)F. The Kier molecular flexibility index (Phi) is 9.03. The van der Waals surface area contributed by atoms with Gasteiger partial charge in [-0.2, -0.15) is 26.3 Å². The Labute approximate surface area is 219 Å². The molecule has 0 spiro atoms. The van der Waals surface area contributed by atoms with Gasteiger partial charge in [-0.15, -0.1) is 0 Å². The lowest BCUT2D eigenvalue weighted by Crippen LogP contribution is -2.47. The zero-order valence-electron chi connectivity index (χ0n) is 21.2. The number of hydrogen-bond donors (Lipinski definition) is 1. The van der Waals surface area contributed by atoms with Crippen molar-refractivity contribution in [2.24, 2.45) is 0 Å². The summed E-state index contributed by atoms with van der Waals surface area (Å²) in [5, 5.41) is 2.60.